The average Bonchev–Trinajstić information content (AvgIpc) is 2.29. The second-order valence-electron chi connectivity index (χ2n) is 4.51. The standard InChI is InChI=1S/C11H20N2O4/c1-11(2-4-12-5-3-11)10(16)13-6-7-17-8-9(14)15/h12H,2-8H2,1H3,(H,13,16)(H,14,15). The SMILES string of the molecule is CC1(C(=O)NCCOCC(=O)O)CCNCC1. The lowest BCUT2D eigenvalue weighted by Gasteiger charge is -2.32. The summed E-state index contributed by atoms with van der Waals surface area (Å²) in [6, 6.07) is 0. The lowest BCUT2D eigenvalue weighted by Crippen LogP contribution is -2.46. The van der Waals surface area contributed by atoms with Crippen LogP contribution in [0.15, 0.2) is 0 Å². The van der Waals surface area contributed by atoms with Crippen molar-refractivity contribution < 1.29 is 19.4 Å². The van der Waals surface area contributed by atoms with Crippen molar-refractivity contribution in [3.63, 3.8) is 0 Å². The van der Waals surface area contributed by atoms with Crippen molar-refractivity contribution in [1.82, 2.24) is 10.6 Å². The minimum atomic E-state index is -0.998. The predicted octanol–water partition coefficient (Wildman–Crippen LogP) is -0.406. The predicted molar refractivity (Wildman–Crippen MR) is 61.7 cm³/mol. The molecular weight excluding hydrogens is 224 g/mol. The van der Waals surface area contributed by atoms with E-state index in [4.69, 9.17) is 9.84 Å². The molecule has 1 rings (SSSR count). The lowest BCUT2D eigenvalue weighted by molar-refractivity contribution is -0.142. The molecule has 1 saturated heterocycles. The molecule has 0 bridgehead atoms. The highest BCUT2D eigenvalue weighted by Gasteiger charge is 2.33. The maximum atomic E-state index is 11.9. The van der Waals surface area contributed by atoms with Crippen LogP contribution in [0.2, 0.25) is 0 Å². The number of aliphatic carboxylic acids is 1. The highest BCUT2D eigenvalue weighted by atomic mass is 16.5. The average molecular weight is 244 g/mol. The summed E-state index contributed by atoms with van der Waals surface area (Å²) >= 11 is 0. The van der Waals surface area contributed by atoms with Gasteiger partial charge in [-0.1, -0.05) is 6.92 Å². The third-order valence-electron chi connectivity index (χ3n) is 3.01. The van der Waals surface area contributed by atoms with Crippen LogP contribution in [0.3, 0.4) is 0 Å². The molecule has 0 atom stereocenters. The Morgan fingerprint density at radius 2 is 2.06 bits per heavy atom. The third kappa shape index (κ3) is 4.70. The molecule has 0 unspecified atom stereocenters. The molecule has 0 aromatic heterocycles. The Morgan fingerprint density at radius 3 is 2.65 bits per heavy atom. The maximum Gasteiger partial charge on any atom is 0.329 e. The topological polar surface area (TPSA) is 87.7 Å². The van der Waals surface area contributed by atoms with Gasteiger partial charge in [0.15, 0.2) is 0 Å². The van der Waals surface area contributed by atoms with Gasteiger partial charge in [0, 0.05) is 12.0 Å². The van der Waals surface area contributed by atoms with E-state index in [-0.39, 0.29) is 24.5 Å². The Kier molecular flexibility index (Phi) is 5.37. The zero-order valence-corrected chi connectivity index (χ0v) is 10.1. The number of carbonyl (C=O) groups is 2. The molecule has 1 amide bonds. The molecule has 6 heteroatoms. The summed E-state index contributed by atoms with van der Waals surface area (Å²) in [7, 11) is 0. The number of carboxylic acid groups (broad SMARTS) is 1. The summed E-state index contributed by atoms with van der Waals surface area (Å²) in [4.78, 5) is 22.1. The molecule has 1 fully saturated rings. The Labute approximate surface area is 101 Å². The minimum absolute atomic E-state index is 0.0259. The third-order valence-corrected chi connectivity index (χ3v) is 3.01. The fraction of sp³-hybridized carbons (Fsp3) is 0.818. The molecule has 17 heavy (non-hydrogen) atoms. The van der Waals surface area contributed by atoms with Gasteiger partial charge in [-0.25, -0.2) is 4.79 Å². The van der Waals surface area contributed by atoms with Gasteiger partial charge in [0.1, 0.15) is 6.61 Å². The summed E-state index contributed by atoms with van der Waals surface area (Å²) in [5, 5.41) is 14.3. The van der Waals surface area contributed by atoms with Gasteiger partial charge in [0.05, 0.1) is 6.61 Å². The van der Waals surface area contributed by atoms with Crippen molar-refractivity contribution in [1.29, 1.82) is 0 Å². The number of carbonyl (C=O) groups excluding carboxylic acids is 1. The van der Waals surface area contributed by atoms with E-state index in [1.165, 1.54) is 0 Å². The van der Waals surface area contributed by atoms with Gasteiger partial charge in [-0.3, -0.25) is 4.79 Å². The Balaban J connectivity index is 2.17. The van der Waals surface area contributed by atoms with Gasteiger partial charge in [-0.15, -0.1) is 0 Å². The van der Waals surface area contributed by atoms with Gasteiger partial charge >= 0.3 is 5.97 Å². The number of piperidine rings is 1. The van der Waals surface area contributed by atoms with Gasteiger partial charge in [0.25, 0.3) is 0 Å². The normalized spacial score (nSPS) is 18.6. The molecular formula is C11H20N2O4. The van der Waals surface area contributed by atoms with Gasteiger partial charge < -0.3 is 20.5 Å². The smallest absolute Gasteiger partial charge is 0.329 e. The van der Waals surface area contributed by atoms with Crippen LogP contribution in [0.5, 0.6) is 0 Å². The first-order valence-corrected chi connectivity index (χ1v) is 5.83. The molecule has 0 aromatic rings. The number of hydrogen-bond donors (Lipinski definition) is 3. The first-order valence-electron chi connectivity index (χ1n) is 5.83. The van der Waals surface area contributed by atoms with E-state index in [1.54, 1.807) is 0 Å². The fourth-order valence-corrected chi connectivity index (χ4v) is 1.82. The maximum absolute atomic E-state index is 11.9. The quantitative estimate of drug-likeness (QED) is 0.553. The van der Waals surface area contributed by atoms with E-state index >= 15 is 0 Å². The van der Waals surface area contributed by atoms with Crippen LogP contribution in [0, 0.1) is 5.41 Å². The molecule has 0 aliphatic carbocycles. The van der Waals surface area contributed by atoms with Crippen molar-refractivity contribution in [3.05, 3.63) is 0 Å². The fourth-order valence-electron chi connectivity index (χ4n) is 1.82. The van der Waals surface area contributed by atoms with E-state index in [9.17, 15) is 9.59 Å². The molecule has 6 nitrogen and oxygen atoms in total. The molecule has 0 aromatic carbocycles. The summed E-state index contributed by atoms with van der Waals surface area (Å²) in [6.45, 7) is 3.94. The summed E-state index contributed by atoms with van der Waals surface area (Å²) < 4.78 is 4.84. The first kappa shape index (κ1) is 13.9. The second kappa shape index (κ2) is 6.56. The van der Waals surface area contributed by atoms with Crippen molar-refractivity contribution in [2.45, 2.75) is 19.8 Å². The van der Waals surface area contributed by atoms with E-state index < -0.39 is 5.97 Å². The lowest BCUT2D eigenvalue weighted by atomic mass is 9.80. The van der Waals surface area contributed by atoms with Crippen LogP contribution < -0.4 is 10.6 Å². The van der Waals surface area contributed by atoms with Crippen LogP contribution in [0.25, 0.3) is 0 Å². The van der Waals surface area contributed by atoms with Crippen LogP contribution in [-0.2, 0) is 14.3 Å². The minimum Gasteiger partial charge on any atom is -0.480 e. The Morgan fingerprint density at radius 1 is 1.41 bits per heavy atom. The van der Waals surface area contributed by atoms with Crippen LogP contribution in [0.1, 0.15) is 19.8 Å². The van der Waals surface area contributed by atoms with Gasteiger partial charge in [-0.05, 0) is 25.9 Å². The molecule has 0 saturated carbocycles. The van der Waals surface area contributed by atoms with E-state index in [1.807, 2.05) is 6.92 Å². The molecule has 3 N–H and O–H groups in total. The second-order valence-corrected chi connectivity index (χ2v) is 4.51. The van der Waals surface area contributed by atoms with Crippen molar-refractivity contribution in [2.75, 3.05) is 32.8 Å². The van der Waals surface area contributed by atoms with E-state index in [0.29, 0.717) is 6.54 Å². The molecule has 1 aliphatic rings. The molecule has 98 valence electrons. The Bertz CT molecular complexity index is 275. The number of nitrogens with one attached hydrogen (secondary N) is 2. The Hall–Kier alpha value is -1.14. The number of rotatable bonds is 6. The van der Waals surface area contributed by atoms with Crippen molar-refractivity contribution >= 4 is 11.9 Å². The van der Waals surface area contributed by atoms with Crippen LogP contribution >= 0.6 is 0 Å². The summed E-state index contributed by atoms with van der Waals surface area (Å²) in [6.07, 6.45) is 1.66. The number of amides is 1. The number of ether oxygens (including phenoxy) is 1. The van der Waals surface area contributed by atoms with Crippen LogP contribution in [-0.4, -0.2) is 49.8 Å². The summed E-state index contributed by atoms with van der Waals surface area (Å²) in [5.74, 6) is -0.973. The van der Waals surface area contributed by atoms with Gasteiger partial charge in [-0.2, -0.15) is 0 Å². The van der Waals surface area contributed by atoms with Crippen molar-refractivity contribution in [3.8, 4) is 0 Å². The van der Waals surface area contributed by atoms with Crippen LogP contribution in [0.4, 0.5) is 0 Å². The molecule has 1 aliphatic heterocycles. The zero-order valence-electron chi connectivity index (χ0n) is 10.1. The van der Waals surface area contributed by atoms with Gasteiger partial charge in [0.2, 0.25) is 5.91 Å². The number of carboxylic acids is 1. The zero-order chi connectivity index (χ0) is 12.7. The van der Waals surface area contributed by atoms with E-state index in [2.05, 4.69) is 10.6 Å². The molecule has 0 spiro atoms. The first-order chi connectivity index (χ1) is 8.04. The highest BCUT2D eigenvalue weighted by molar-refractivity contribution is 5.82. The monoisotopic (exact) mass is 244 g/mol. The largest absolute Gasteiger partial charge is 0.480 e. The van der Waals surface area contributed by atoms with Crippen molar-refractivity contribution in [2.24, 2.45) is 5.41 Å². The molecule has 0 radical (unpaired) electrons. The molecule has 1 heterocycles. The highest BCUT2D eigenvalue weighted by Crippen LogP contribution is 2.27. The number of hydrogen-bond acceptors (Lipinski definition) is 4. The summed E-state index contributed by atoms with van der Waals surface area (Å²) in [5.41, 5.74) is -0.307. The van der Waals surface area contributed by atoms with E-state index in [0.717, 1.165) is 25.9 Å².